The van der Waals surface area contributed by atoms with Gasteiger partial charge in [-0.15, -0.1) is 0 Å². The number of piperidine rings is 1. The number of anilines is 2. The summed E-state index contributed by atoms with van der Waals surface area (Å²) in [6, 6.07) is 6.73. The molecule has 0 radical (unpaired) electrons. The third-order valence-corrected chi connectivity index (χ3v) is 9.13. The van der Waals surface area contributed by atoms with Crippen molar-refractivity contribution in [2.45, 2.75) is 48.4 Å². The van der Waals surface area contributed by atoms with Gasteiger partial charge in [-0.25, -0.2) is 16.8 Å². The first-order valence-corrected chi connectivity index (χ1v) is 13.8. The molecule has 0 atom stereocenters. The maximum atomic E-state index is 13.1. The zero-order chi connectivity index (χ0) is 26.0. The van der Waals surface area contributed by atoms with Gasteiger partial charge in [0.2, 0.25) is 10.0 Å². The average molecular weight is 534 g/mol. The minimum Gasteiger partial charge on any atom is -0.384 e. The Labute approximate surface area is 202 Å². The summed E-state index contributed by atoms with van der Waals surface area (Å²) in [6.07, 6.45) is 2.41. The standard InChI is InChI=1S/C22H26F3N3O5S2/c1-3-26-18-10-9-17(34(30,31)22(23,24)25)14-19(18)27-21(29)16-8-7-15(2)20(13-16)35(32,33)28-11-5-4-6-12-28/h7-10,13-14,26H,3-6,11-12H2,1-2H3,(H,27,29). The van der Waals surface area contributed by atoms with Gasteiger partial charge in [0.1, 0.15) is 0 Å². The van der Waals surface area contributed by atoms with Gasteiger partial charge in [0, 0.05) is 25.2 Å². The molecule has 2 aromatic carbocycles. The number of nitrogens with zero attached hydrogens (tertiary/aromatic N) is 1. The van der Waals surface area contributed by atoms with Crippen LogP contribution < -0.4 is 10.6 Å². The molecule has 1 aliphatic heterocycles. The Bertz CT molecular complexity index is 1320. The van der Waals surface area contributed by atoms with Crippen molar-refractivity contribution < 1.29 is 34.8 Å². The molecule has 1 fully saturated rings. The lowest BCUT2D eigenvalue weighted by Crippen LogP contribution is -2.36. The van der Waals surface area contributed by atoms with E-state index in [-0.39, 0.29) is 21.8 Å². The number of hydrogen-bond acceptors (Lipinski definition) is 6. The molecule has 3 rings (SSSR count). The first-order chi connectivity index (χ1) is 16.3. The van der Waals surface area contributed by atoms with Crippen LogP contribution in [0.2, 0.25) is 0 Å². The molecule has 0 saturated carbocycles. The second-order valence-electron chi connectivity index (χ2n) is 8.09. The zero-order valence-corrected chi connectivity index (χ0v) is 20.8. The largest absolute Gasteiger partial charge is 0.501 e. The lowest BCUT2D eigenvalue weighted by atomic mass is 10.1. The third-order valence-electron chi connectivity index (χ3n) is 5.60. The van der Waals surface area contributed by atoms with Crippen LogP contribution in [-0.2, 0) is 19.9 Å². The lowest BCUT2D eigenvalue weighted by Gasteiger charge is -2.26. The number of rotatable bonds is 7. The summed E-state index contributed by atoms with van der Waals surface area (Å²) in [5.74, 6) is -0.805. The maximum Gasteiger partial charge on any atom is 0.501 e. The van der Waals surface area contributed by atoms with Gasteiger partial charge in [-0.05, 0) is 62.6 Å². The highest BCUT2D eigenvalue weighted by molar-refractivity contribution is 7.92. The zero-order valence-electron chi connectivity index (χ0n) is 19.1. The van der Waals surface area contributed by atoms with Crippen LogP contribution >= 0.6 is 0 Å². The Hall–Kier alpha value is -2.64. The molecule has 2 N–H and O–H groups in total. The van der Waals surface area contributed by atoms with Gasteiger partial charge >= 0.3 is 5.51 Å². The highest BCUT2D eigenvalue weighted by Gasteiger charge is 2.47. The second kappa shape index (κ2) is 10.2. The van der Waals surface area contributed by atoms with E-state index in [4.69, 9.17) is 0 Å². The Kier molecular flexibility index (Phi) is 7.82. The predicted octanol–water partition coefficient (Wildman–Crippen LogP) is 4.15. The van der Waals surface area contributed by atoms with Crippen molar-refractivity contribution in [3.8, 4) is 0 Å². The van der Waals surface area contributed by atoms with E-state index in [0.29, 0.717) is 25.2 Å². The van der Waals surface area contributed by atoms with Gasteiger partial charge in [0.05, 0.1) is 21.2 Å². The number of benzene rings is 2. The summed E-state index contributed by atoms with van der Waals surface area (Å²) in [7, 11) is -9.48. The van der Waals surface area contributed by atoms with Crippen molar-refractivity contribution in [1.29, 1.82) is 0 Å². The molecule has 0 spiro atoms. The molecule has 13 heteroatoms. The van der Waals surface area contributed by atoms with E-state index in [2.05, 4.69) is 10.6 Å². The van der Waals surface area contributed by atoms with Crippen LogP contribution in [0, 0.1) is 6.92 Å². The number of halogens is 3. The summed E-state index contributed by atoms with van der Waals surface area (Å²) in [5, 5.41) is 5.26. The number of sulfone groups is 1. The van der Waals surface area contributed by atoms with Crippen LogP contribution in [0.25, 0.3) is 0 Å². The van der Waals surface area contributed by atoms with E-state index in [1.54, 1.807) is 13.8 Å². The van der Waals surface area contributed by atoms with Gasteiger partial charge in [-0.1, -0.05) is 12.5 Å². The highest BCUT2D eigenvalue weighted by Crippen LogP contribution is 2.34. The Morgan fingerprint density at radius 2 is 1.63 bits per heavy atom. The second-order valence-corrected chi connectivity index (χ2v) is 11.9. The first kappa shape index (κ1) is 27.0. The van der Waals surface area contributed by atoms with Gasteiger partial charge in [0.15, 0.2) is 0 Å². The molecule has 35 heavy (non-hydrogen) atoms. The van der Waals surface area contributed by atoms with E-state index in [1.807, 2.05) is 0 Å². The number of aryl methyl sites for hydroxylation is 1. The van der Waals surface area contributed by atoms with Crippen molar-refractivity contribution in [2.75, 3.05) is 30.3 Å². The molecule has 1 amide bonds. The fourth-order valence-corrected chi connectivity index (χ4v) is 6.29. The average Bonchev–Trinajstić information content (AvgIpc) is 2.80. The number of carbonyl (C=O) groups excluding carboxylic acids is 1. The number of alkyl halides is 3. The highest BCUT2D eigenvalue weighted by atomic mass is 32.2. The van der Waals surface area contributed by atoms with Crippen LogP contribution in [0.5, 0.6) is 0 Å². The monoisotopic (exact) mass is 533 g/mol. The van der Waals surface area contributed by atoms with E-state index in [9.17, 15) is 34.8 Å². The quantitative estimate of drug-likeness (QED) is 0.553. The van der Waals surface area contributed by atoms with Crippen molar-refractivity contribution in [2.24, 2.45) is 0 Å². The van der Waals surface area contributed by atoms with Crippen LogP contribution in [0.3, 0.4) is 0 Å². The Morgan fingerprint density at radius 3 is 2.23 bits per heavy atom. The first-order valence-electron chi connectivity index (χ1n) is 10.9. The van der Waals surface area contributed by atoms with Crippen molar-refractivity contribution in [3.05, 3.63) is 47.5 Å². The summed E-state index contributed by atoms with van der Waals surface area (Å²) in [5.41, 5.74) is -5.10. The molecular weight excluding hydrogens is 507 g/mol. The fraction of sp³-hybridized carbons (Fsp3) is 0.409. The van der Waals surface area contributed by atoms with Crippen molar-refractivity contribution in [3.63, 3.8) is 0 Å². The van der Waals surface area contributed by atoms with Crippen molar-refractivity contribution >= 4 is 37.1 Å². The molecular formula is C22H26F3N3O5S2. The van der Waals surface area contributed by atoms with Gasteiger partial charge in [0.25, 0.3) is 15.7 Å². The van der Waals surface area contributed by atoms with Crippen LogP contribution in [0.15, 0.2) is 46.2 Å². The van der Waals surface area contributed by atoms with Crippen LogP contribution in [0.4, 0.5) is 24.5 Å². The normalized spacial score (nSPS) is 15.6. The molecule has 0 aliphatic carbocycles. The minimum atomic E-state index is -5.64. The Morgan fingerprint density at radius 1 is 0.971 bits per heavy atom. The van der Waals surface area contributed by atoms with Gasteiger partial charge < -0.3 is 10.6 Å². The van der Waals surface area contributed by atoms with Crippen molar-refractivity contribution in [1.82, 2.24) is 4.31 Å². The lowest BCUT2D eigenvalue weighted by molar-refractivity contribution is -0.0436. The summed E-state index contributed by atoms with van der Waals surface area (Å²) >= 11 is 0. The van der Waals surface area contributed by atoms with E-state index >= 15 is 0 Å². The van der Waals surface area contributed by atoms with Crippen LogP contribution in [-0.4, -0.2) is 52.2 Å². The molecule has 0 aromatic heterocycles. The smallest absolute Gasteiger partial charge is 0.384 e. The van der Waals surface area contributed by atoms with Crippen LogP contribution in [0.1, 0.15) is 42.1 Å². The Balaban J connectivity index is 1.98. The summed E-state index contributed by atoms with van der Waals surface area (Å²) in [6.45, 7) is 4.42. The summed E-state index contributed by atoms with van der Waals surface area (Å²) in [4.78, 5) is 11.9. The maximum absolute atomic E-state index is 13.1. The fourth-order valence-electron chi connectivity index (χ4n) is 3.73. The molecule has 2 aromatic rings. The molecule has 192 valence electrons. The van der Waals surface area contributed by atoms with Gasteiger partial charge in [-0.2, -0.15) is 17.5 Å². The number of amides is 1. The molecule has 1 saturated heterocycles. The summed E-state index contributed by atoms with van der Waals surface area (Å²) < 4.78 is 90.4. The minimum absolute atomic E-state index is 0.0349. The molecule has 1 aliphatic rings. The number of sulfonamides is 1. The number of hydrogen-bond donors (Lipinski definition) is 2. The molecule has 0 unspecified atom stereocenters. The van der Waals surface area contributed by atoms with E-state index in [0.717, 1.165) is 37.5 Å². The van der Waals surface area contributed by atoms with E-state index in [1.165, 1.54) is 22.5 Å². The molecule has 1 heterocycles. The number of nitrogens with one attached hydrogen (secondary N) is 2. The number of carbonyl (C=O) groups is 1. The van der Waals surface area contributed by atoms with E-state index < -0.39 is 36.2 Å². The third kappa shape index (κ3) is 5.62. The SMILES string of the molecule is CCNc1ccc(S(=O)(=O)C(F)(F)F)cc1NC(=O)c1ccc(C)c(S(=O)(=O)N2CCCCC2)c1. The predicted molar refractivity (Wildman–Crippen MR) is 126 cm³/mol. The molecule has 0 bridgehead atoms. The van der Waals surface area contributed by atoms with Gasteiger partial charge in [-0.3, -0.25) is 4.79 Å². The molecule has 8 nitrogen and oxygen atoms in total. The topological polar surface area (TPSA) is 113 Å².